The monoisotopic (exact) mass is 195 g/mol. The van der Waals surface area contributed by atoms with E-state index in [1.807, 2.05) is 0 Å². The molecule has 0 fully saturated rings. The van der Waals surface area contributed by atoms with E-state index in [4.69, 9.17) is 6.42 Å². The molecule has 1 heteroatoms. The third kappa shape index (κ3) is 8.13. The third-order valence-corrected chi connectivity index (χ3v) is 2.44. The Bertz CT molecular complexity index is 146. The van der Waals surface area contributed by atoms with E-state index in [0.29, 0.717) is 0 Å². The summed E-state index contributed by atoms with van der Waals surface area (Å²) in [7, 11) is 0. The molecule has 0 spiro atoms. The summed E-state index contributed by atoms with van der Waals surface area (Å²) in [4.78, 5) is 0. The Morgan fingerprint density at radius 1 is 1.14 bits per heavy atom. The number of hydrogen-bond acceptors (Lipinski definition) is 1. The molecule has 0 aromatic carbocycles. The van der Waals surface area contributed by atoms with E-state index in [2.05, 4.69) is 25.1 Å². The number of hydrogen-bond donors (Lipinski definition) is 1. The second-order valence-corrected chi connectivity index (χ2v) is 3.89. The zero-order chi connectivity index (χ0) is 10.6. The van der Waals surface area contributed by atoms with Crippen molar-refractivity contribution in [2.45, 2.75) is 64.8 Å². The summed E-state index contributed by atoms with van der Waals surface area (Å²) in [6, 6.07) is 0.720. The van der Waals surface area contributed by atoms with Gasteiger partial charge in [0.05, 0.1) is 0 Å². The largest absolute Gasteiger partial charge is 0.314 e. The Morgan fingerprint density at radius 3 is 2.50 bits per heavy atom. The van der Waals surface area contributed by atoms with Crippen LogP contribution in [-0.4, -0.2) is 12.6 Å². The highest BCUT2D eigenvalue weighted by Crippen LogP contribution is 2.08. The maximum atomic E-state index is 5.22. The molecule has 82 valence electrons. The fourth-order valence-electron chi connectivity index (χ4n) is 1.66. The van der Waals surface area contributed by atoms with E-state index >= 15 is 0 Å². The van der Waals surface area contributed by atoms with Crippen molar-refractivity contribution in [1.82, 2.24) is 5.32 Å². The molecule has 0 saturated heterocycles. The second kappa shape index (κ2) is 10.6. The maximum absolute atomic E-state index is 5.22. The van der Waals surface area contributed by atoms with Gasteiger partial charge in [0, 0.05) is 12.5 Å². The highest BCUT2D eigenvalue weighted by Gasteiger charge is 2.04. The molecule has 0 aliphatic carbocycles. The molecule has 0 saturated carbocycles. The molecule has 0 aliphatic rings. The number of rotatable bonds is 9. The number of unbranched alkanes of at least 4 members (excludes halogenated alkanes) is 2. The SMILES string of the molecule is C#CCCCCC(CCC)NCCC. The summed E-state index contributed by atoms with van der Waals surface area (Å²) >= 11 is 0. The van der Waals surface area contributed by atoms with E-state index in [0.717, 1.165) is 19.0 Å². The zero-order valence-electron chi connectivity index (χ0n) is 9.81. The highest BCUT2D eigenvalue weighted by atomic mass is 14.9. The van der Waals surface area contributed by atoms with Crippen molar-refractivity contribution in [2.24, 2.45) is 0 Å². The van der Waals surface area contributed by atoms with Crippen LogP contribution < -0.4 is 5.32 Å². The van der Waals surface area contributed by atoms with Gasteiger partial charge in [-0.1, -0.05) is 26.7 Å². The van der Waals surface area contributed by atoms with Crippen LogP contribution in [0.2, 0.25) is 0 Å². The molecule has 1 unspecified atom stereocenters. The van der Waals surface area contributed by atoms with Gasteiger partial charge in [-0.05, 0) is 32.2 Å². The van der Waals surface area contributed by atoms with Crippen LogP contribution in [0.15, 0.2) is 0 Å². The van der Waals surface area contributed by atoms with Gasteiger partial charge in [-0.2, -0.15) is 0 Å². The van der Waals surface area contributed by atoms with Crippen molar-refractivity contribution >= 4 is 0 Å². The van der Waals surface area contributed by atoms with Crippen molar-refractivity contribution in [3.63, 3.8) is 0 Å². The molecular weight excluding hydrogens is 170 g/mol. The van der Waals surface area contributed by atoms with E-state index in [1.165, 1.54) is 38.5 Å². The molecule has 1 N–H and O–H groups in total. The smallest absolute Gasteiger partial charge is 0.00860 e. The van der Waals surface area contributed by atoms with Gasteiger partial charge < -0.3 is 5.32 Å². The summed E-state index contributed by atoms with van der Waals surface area (Å²) in [6.45, 7) is 5.62. The van der Waals surface area contributed by atoms with Gasteiger partial charge in [-0.15, -0.1) is 12.3 Å². The Morgan fingerprint density at radius 2 is 1.93 bits per heavy atom. The van der Waals surface area contributed by atoms with E-state index in [-0.39, 0.29) is 0 Å². The lowest BCUT2D eigenvalue weighted by Crippen LogP contribution is -2.29. The van der Waals surface area contributed by atoms with Crippen LogP contribution in [0.3, 0.4) is 0 Å². The molecule has 1 nitrogen and oxygen atoms in total. The van der Waals surface area contributed by atoms with Crippen LogP contribution >= 0.6 is 0 Å². The van der Waals surface area contributed by atoms with Crippen LogP contribution in [0.5, 0.6) is 0 Å². The summed E-state index contributed by atoms with van der Waals surface area (Å²) in [5.41, 5.74) is 0. The van der Waals surface area contributed by atoms with Crippen LogP contribution in [0.4, 0.5) is 0 Å². The third-order valence-electron chi connectivity index (χ3n) is 2.44. The maximum Gasteiger partial charge on any atom is 0.00860 e. The first-order valence-electron chi connectivity index (χ1n) is 6.02. The predicted molar refractivity (Wildman–Crippen MR) is 64.3 cm³/mol. The molecule has 0 radical (unpaired) electrons. The minimum atomic E-state index is 0.720. The lowest BCUT2D eigenvalue weighted by Gasteiger charge is -2.17. The first-order chi connectivity index (χ1) is 6.85. The average Bonchev–Trinajstić information content (AvgIpc) is 2.20. The summed E-state index contributed by atoms with van der Waals surface area (Å²) in [6.07, 6.45) is 13.7. The van der Waals surface area contributed by atoms with Gasteiger partial charge in [-0.25, -0.2) is 0 Å². The molecule has 0 heterocycles. The Kier molecular flexibility index (Phi) is 10.2. The molecule has 0 bridgehead atoms. The van der Waals surface area contributed by atoms with Gasteiger partial charge >= 0.3 is 0 Å². The molecule has 1 atom stereocenters. The highest BCUT2D eigenvalue weighted by molar-refractivity contribution is 4.83. The van der Waals surface area contributed by atoms with Gasteiger partial charge in [0.15, 0.2) is 0 Å². The molecule has 0 aliphatic heterocycles. The van der Waals surface area contributed by atoms with Crippen molar-refractivity contribution in [1.29, 1.82) is 0 Å². The fourth-order valence-corrected chi connectivity index (χ4v) is 1.66. The van der Waals surface area contributed by atoms with Gasteiger partial charge in [-0.3, -0.25) is 0 Å². The lowest BCUT2D eigenvalue weighted by atomic mass is 10.0. The lowest BCUT2D eigenvalue weighted by molar-refractivity contribution is 0.433. The molecular formula is C13H25N. The quantitative estimate of drug-likeness (QED) is 0.439. The number of nitrogens with one attached hydrogen (secondary N) is 1. The minimum absolute atomic E-state index is 0.720. The fraction of sp³-hybridized carbons (Fsp3) is 0.846. The molecule has 0 amide bonds. The Balaban J connectivity index is 3.46. The van der Waals surface area contributed by atoms with Crippen LogP contribution in [0.1, 0.15) is 58.8 Å². The standard InChI is InChI=1S/C13H25N/c1-4-7-8-9-11-13(10-5-2)14-12-6-3/h1,13-14H,5-12H2,2-3H3. The molecule has 14 heavy (non-hydrogen) atoms. The minimum Gasteiger partial charge on any atom is -0.314 e. The normalized spacial score (nSPS) is 12.4. The van der Waals surface area contributed by atoms with Crippen LogP contribution in [-0.2, 0) is 0 Å². The molecule has 0 aromatic heterocycles. The predicted octanol–water partition coefficient (Wildman–Crippen LogP) is 3.35. The summed E-state index contributed by atoms with van der Waals surface area (Å²) in [5.74, 6) is 2.70. The van der Waals surface area contributed by atoms with E-state index in [1.54, 1.807) is 0 Å². The first-order valence-corrected chi connectivity index (χ1v) is 6.02. The van der Waals surface area contributed by atoms with Crippen molar-refractivity contribution < 1.29 is 0 Å². The molecule has 0 rings (SSSR count). The van der Waals surface area contributed by atoms with E-state index < -0.39 is 0 Å². The van der Waals surface area contributed by atoms with Crippen molar-refractivity contribution in [3.8, 4) is 12.3 Å². The topological polar surface area (TPSA) is 12.0 Å². The van der Waals surface area contributed by atoms with Gasteiger partial charge in [0.2, 0.25) is 0 Å². The first kappa shape index (κ1) is 13.5. The van der Waals surface area contributed by atoms with Gasteiger partial charge in [0.25, 0.3) is 0 Å². The second-order valence-electron chi connectivity index (χ2n) is 3.89. The molecule has 0 aromatic rings. The summed E-state index contributed by atoms with van der Waals surface area (Å²) < 4.78 is 0. The number of terminal acetylenes is 1. The Hall–Kier alpha value is -0.480. The van der Waals surface area contributed by atoms with Crippen molar-refractivity contribution in [2.75, 3.05) is 6.54 Å². The van der Waals surface area contributed by atoms with Crippen molar-refractivity contribution in [3.05, 3.63) is 0 Å². The van der Waals surface area contributed by atoms with E-state index in [9.17, 15) is 0 Å². The van der Waals surface area contributed by atoms with Crippen LogP contribution in [0.25, 0.3) is 0 Å². The summed E-state index contributed by atoms with van der Waals surface area (Å²) in [5, 5.41) is 3.60. The average molecular weight is 195 g/mol. The Labute approximate surface area is 89.7 Å². The van der Waals surface area contributed by atoms with Gasteiger partial charge in [0.1, 0.15) is 0 Å². The zero-order valence-corrected chi connectivity index (χ0v) is 9.81. The van der Waals surface area contributed by atoms with Crippen LogP contribution in [0, 0.1) is 12.3 Å².